The van der Waals surface area contributed by atoms with Gasteiger partial charge in [-0.1, -0.05) is 37.6 Å². The Bertz CT molecular complexity index is 1660. The van der Waals surface area contributed by atoms with E-state index in [1.54, 1.807) is 103 Å². The van der Waals surface area contributed by atoms with E-state index in [4.69, 9.17) is 30.4 Å². The Balaban J connectivity index is 1.19. The summed E-state index contributed by atoms with van der Waals surface area (Å²) in [5.74, 6) is -0.103. The van der Waals surface area contributed by atoms with Crippen LogP contribution in [0, 0.1) is 0 Å². The van der Waals surface area contributed by atoms with Crippen molar-refractivity contribution in [3.05, 3.63) is 125 Å². The van der Waals surface area contributed by atoms with E-state index in [9.17, 15) is 14.4 Å². The molecule has 0 radical (unpaired) electrons. The van der Waals surface area contributed by atoms with Crippen molar-refractivity contribution >= 4 is 41.4 Å². The van der Waals surface area contributed by atoms with E-state index < -0.39 is 17.9 Å². The number of esters is 3. The van der Waals surface area contributed by atoms with Crippen molar-refractivity contribution in [2.24, 2.45) is 0 Å². The van der Waals surface area contributed by atoms with Crippen molar-refractivity contribution in [3.8, 4) is 17.2 Å². The second-order valence-corrected chi connectivity index (χ2v) is 10.3. The average molecular weight is 621 g/mol. The fraction of sp³-hybridized carbons (Fsp3) is 0.162. The van der Waals surface area contributed by atoms with Crippen LogP contribution in [0.4, 0.5) is 11.4 Å². The molecule has 0 atom stereocenters. The summed E-state index contributed by atoms with van der Waals surface area (Å²) in [5, 5.41) is 0. The summed E-state index contributed by atoms with van der Waals surface area (Å²) in [6, 6.07) is 25.4. The second-order valence-electron chi connectivity index (χ2n) is 10.3. The maximum absolute atomic E-state index is 12.5. The molecule has 0 heterocycles. The molecule has 0 unspecified atom stereocenters. The molecular weight excluding hydrogens is 584 g/mol. The van der Waals surface area contributed by atoms with Crippen molar-refractivity contribution in [2.45, 2.75) is 26.2 Å². The van der Waals surface area contributed by atoms with Gasteiger partial charge in [-0.05, 0) is 102 Å². The minimum absolute atomic E-state index is 0.191. The summed E-state index contributed by atoms with van der Waals surface area (Å²) in [6.07, 6.45) is 8.33. The van der Waals surface area contributed by atoms with Crippen molar-refractivity contribution < 1.29 is 33.3 Å². The highest BCUT2D eigenvalue weighted by Gasteiger charge is 2.09. The van der Waals surface area contributed by atoms with Crippen LogP contribution < -0.4 is 25.7 Å². The third-order valence-corrected chi connectivity index (χ3v) is 6.54. The Morgan fingerprint density at radius 2 is 1.20 bits per heavy atom. The summed E-state index contributed by atoms with van der Waals surface area (Å²) < 4.78 is 21.7. The topological polar surface area (TPSA) is 140 Å². The van der Waals surface area contributed by atoms with Crippen LogP contribution in [0.25, 0.3) is 12.2 Å². The highest BCUT2D eigenvalue weighted by atomic mass is 16.5. The molecule has 9 heteroatoms. The molecule has 4 N–H and O–H groups in total. The minimum Gasteiger partial charge on any atom is -0.494 e. The molecule has 4 rings (SSSR count). The molecule has 46 heavy (non-hydrogen) atoms. The quantitative estimate of drug-likeness (QED) is 0.0520. The normalized spacial score (nSPS) is 11.0. The van der Waals surface area contributed by atoms with Crippen LogP contribution in [-0.2, 0) is 20.7 Å². The monoisotopic (exact) mass is 620 g/mol. The Hall–Kier alpha value is -5.83. The number of anilines is 2. The number of rotatable bonds is 14. The number of carbonyl (C=O) groups is 3. The first kappa shape index (κ1) is 33.1. The van der Waals surface area contributed by atoms with Crippen LogP contribution in [0.2, 0.25) is 0 Å². The van der Waals surface area contributed by atoms with E-state index in [1.165, 1.54) is 12.2 Å². The standard InChI is InChI=1S/C37H36N2O7/c1-2-3-21-43-32-16-10-29(11-17-32)37(42)46-34-14-6-27(7-15-34)9-19-36(41)45-33-12-4-26(5-13-33)8-18-35(40)44-22-20-28-23-30(38)25-31(39)24-28/h4-19,23-25H,2-3,20-22,38-39H2,1H3/b18-8+,19-9+. The van der Waals surface area contributed by atoms with Crippen molar-refractivity contribution in [3.63, 3.8) is 0 Å². The Morgan fingerprint density at radius 1 is 0.652 bits per heavy atom. The predicted octanol–water partition coefficient (Wildman–Crippen LogP) is 6.67. The molecular formula is C37H36N2O7. The van der Waals surface area contributed by atoms with E-state index in [2.05, 4.69) is 6.92 Å². The lowest BCUT2D eigenvalue weighted by molar-refractivity contribution is -0.137. The van der Waals surface area contributed by atoms with Gasteiger partial charge in [-0.25, -0.2) is 14.4 Å². The van der Waals surface area contributed by atoms with E-state index in [0.717, 1.165) is 29.5 Å². The summed E-state index contributed by atoms with van der Waals surface area (Å²) in [6.45, 7) is 2.92. The largest absolute Gasteiger partial charge is 0.494 e. The molecule has 0 saturated heterocycles. The first-order valence-electron chi connectivity index (χ1n) is 14.8. The highest BCUT2D eigenvalue weighted by Crippen LogP contribution is 2.19. The van der Waals surface area contributed by atoms with Crippen molar-refractivity contribution in [1.29, 1.82) is 0 Å². The number of unbranched alkanes of at least 4 members (excludes halogenated alkanes) is 1. The fourth-order valence-corrected chi connectivity index (χ4v) is 4.17. The first-order valence-corrected chi connectivity index (χ1v) is 14.8. The number of carbonyl (C=O) groups excluding carboxylic acids is 3. The zero-order chi connectivity index (χ0) is 32.7. The summed E-state index contributed by atoms with van der Waals surface area (Å²) in [7, 11) is 0. The molecule has 236 valence electrons. The Morgan fingerprint density at radius 3 is 1.78 bits per heavy atom. The van der Waals surface area contributed by atoms with Crippen molar-refractivity contribution in [2.75, 3.05) is 24.7 Å². The van der Waals surface area contributed by atoms with E-state index in [-0.39, 0.29) is 6.61 Å². The van der Waals surface area contributed by atoms with Gasteiger partial charge in [0, 0.05) is 29.9 Å². The molecule has 4 aromatic carbocycles. The average Bonchev–Trinajstić information content (AvgIpc) is 3.04. The van der Waals surface area contributed by atoms with Gasteiger partial charge >= 0.3 is 17.9 Å². The summed E-state index contributed by atoms with van der Waals surface area (Å²) in [5.41, 5.74) is 15.4. The lowest BCUT2D eigenvalue weighted by Gasteiger charge is -2.07. The number of nitrogens with two attached hydrogens (primary N) is 2. The molecule has 0 aromatic heterocycles. The molecule has 0 bridgehead atoms. The summed E-state index contributed by atoms with van der Waals surface area (Å²) in [4.78, 5) is 36.8. The third kappa shape index (κ3) is 11.0. The fourth-order valence-electron chi connectivity index (χ4n) is 4.17. The number of hydrogen-bond acceptors (Lipinski definition) is 9. The van der Waals surface area contributed by atoms with Gasteiger partial charge in [0.05, 0.1) is 18.8 Å². The van der Waals surface area contributed by atoms with Gasteiger partial charge in [-0.3, -0.25) is 0 Å². The maximum atomic E-state index is 12.5. The van der Waals surface area contributed by atoms with Gasteiger partial charge in [0.15, 0.2) is 0 Å². The zero-order valence-electron chi connectivity index (χ0n) is 25.5. The van der Waals surface area contributed by atoms with Crippen LogP contribution in [0.15, 0.2) is 103 Å². The maximum Gasteiger partial charge on any atom is 0.343 e. The molecule has 4 aromatic rings. The lowest BCUT2D eigenvalue weighted by Crippen LogP contribution is -2.08. The SMILES string of the molecule is CCCCOc1ccc(C(=O)Oc2ccc(/C=C/C(=O)Oc3ccc(/C=C/C(=O)OCCc4cc(N)cc(N)c4)cc3)cc2)cc1. The van der Waals surface area contributed by atoms with E-state index in [1.807, 2.05) is 0 Å². The molecule has 0 amide bonds. The molecule has 0 fully saturated rings. The third-order valence-electron chi connectivity index (χ3n) is 6.54. The zero-order valence-corrected chi connectivity index (χ0v) is 25.5. The number of ether oxygens (including phenoxy) is 4. The van der Waals surface area contributed by atoms with Gasteiger partial charge in [-0.2, -0.15) is 0 Å². The minimum atomic E-state index is -0.563. The Labute approximate surface area is 268 Å². The van der Waals surface area contributed by atoms with Crippen LogP contribution in [0.5, 0.6) is 17.2 Å². The number of benzene rings is 4. The predicted molar refractivity (Wildman–Crippen MR) is 178 cm³/mol. The van der Waals surface area contributed by atoms with Gasteiger partial charge in [-0.15, -0.1) is 0 Å². The molecule has 0 aliphatic rings. The van der Waals surface area contributed by atoms with E-state index in [0.29, 0.717) is 47.2 Å². The van der Waals surface area contributed by atoms with Crippen LogP contribution in [0.3, 0.4) is 0 Å². The molecule has 0 saturated carbocycles. The van der Waals surface area contributed by atoms with Gasteiger partial charge in [0.25, 0.3) is 0 Å². The van der Waals surface area contributed by atoms with Crippen molar-refractivity contribution in [1.82, 2.24) is 0 Å². The molecule has 0 aliphatic carbocycles. The Kier molecular flexibility index (Phi) is 12.1. The smallest absolute Gasteiger partial charge is 0.343 e. The van der Waals surface area contributed by atoms with Crippen LogP contribution in [0.1, 0.15) is 46.8 Å². The molecule has 0 spiro atoms. The highest BCUT2D eigenvalue weighted by molar-refractivity contribution is 5.91. The van der Waals surface area contributed by atoms with Crippen LogP contribution in [-0.4, -0.2) is 31.1 Å². The van der Waals surface area contributed by atoms with Gasteiger partial charge in [0.1, 0.15) is 17.2 Å². The summed E-state index contributed by atoms with van der Waals surface area (Å²) >= 11 is 0. The molecule has 9 nitrogen and oxygen atoms in total. The second kappa shape index (κ2) is 16.9. The van der Waals surface area contributed by atoms with Crippen LogP contribution >= 0.6 is 0 Å². The van der Waals surface area contributed by atoms with Gasteiger partial charge < -0.3 is 30.4 Å². The molecule has 0 aliphatic heterocycles. The number of hydrogen-bond donors (Lipinski definition) is 2. The van der Waals surface area contributed by atoms with E-state index >= 15 is 0 Å². The number of nitrogen functional groups attached to an aromatic ring is 2. The lowest BCUT2D eigenvalue weighted by atomic mass is 10.1. The first-order chi connectivity index (χ1) is 22.3. The van der Waals surface area contributed by atoms with Gasteiger partial charge in [0.2, 0.25) is 0 Å².